The molecule has 0 spiro atoms. The monoisotopic (exact) mass is 311 g/mol. The molecule has 0 fully saturated rings. The van der Waals surface area contributed by atoms with E-state index in [0.29, 0.717) is 20.7 Å². The van der Waals surface area contributed by atoms with E-state index in [2.05, 4.69) is 4.98 Å². The molecular formula is C16H9NO4S. The fourth-order valence-electron chi connectivity index (χ4n) is 2.73. The number of nitrogens with one attached hydrogen (secondary N) is 1. The van der Waals surface area contributed by atoms with Gasteiger partial charge in [-0.25, -0.2) is 9.00 Å². The van der Waals surface area contributed by atoms with Crippen molar-refractivity contribution in [1.82, 2.24) is 4.98 Å². The first-order valence-corrected chi connectivity index (χ1v) is 7.67. The van der Waals surface area contributed by atoms with Crippen LogP contribution in [0, 0.1) is 0 Å². The van der Waals surface area contributed by atoms with E-state index >= 15 is 0 Å². The smallest absolute Gasteiger partial charge is 0.352 e. The second kappa shape index (κ2) is 4.38. The van der Waals surface area contributed by atoms with E-state index in [9.17, 15) is 13.8 Å². The maximum Gasteiger partial charge on any atom is 0.352 e. The molecule has 2 N–H and O–H groups in total. The highest BCUT2D eigenvalue weighted by Gasteiger charge is 2.26. The van der Waals surface area contributed by atoms with Crippen molar-refractivity contribution in [2.24, 2.45) is 0 Å². The lowest BCUT2D eigenvalue weighted by molar-refractivity contribution is 0.0691. The number of aromatic nitrogens is 1. The minimum Gasteiger partial charge on any atom is -0.477 e. The maximum absolute atomic E-state index is 12.5. The number of hydrogen-bond donors (Lipinski definition) is 2. The lowest BCUT2D eigenvalue weighted by atomic mass is 10.0. The van der Waals surface area contributed by atoms with Crippen molar-refractivity contribution in [2.75, 3.05) is 0 Å². The molecule has 5 nitrogen and oxygen atoms in total. The van der Waals surface area contributed by atoms with Gasteiger partial charge in [-0.15, -0.1) is 0 Å². The van der Waals surface area contributed by atoms with Crippen molar-refractivity contribution >= 4 is 27.7 Å². The third-order valence-electron chi connectivity index (χ3n) is 3.74. The SMILES string of the molecule is O=C(O)c1cc(=O)c2cc3c(cc2[nH]1)-c1ccccc1S3=O. The van der Waals surface area contributed by atoms with Crippen LogP contribution in [0.25, 0.3) is 22.0 Å². The summed E-state index contributed by atoms with van der Waals surface area (Å²) in [6, 6.07) is 11.7. The van der Waals surface area contributed by atoms with E-state index in [1.54, 1.807) is 18.2 Å². The molecule has 1 aromatic heterocycles. The maximum atomic E-state index is 12.5. The van der Waals surface area contributed by atoms with Gasteiger partial charge in [0.15, 0.2) is 5.43 Å². The summed E-state index contributed by atoms with van der Waals surface area (Å²) in [7, 11) is -1.32. The Labute approximate surface area is 126 Å². The summed E-state index contributed by atoms with van der Waals surface area (Å²) in [6.07, 6.45) is 0. The van der Waals surface area contributed by atoms with Gasteiger partial charge < -0.3 is 10.1 Å². The van der Waals surface area contributed by atoms with Gasteiger partial charge >= 0.3 is 5.97 Å². The van der Waals surface area contributed by atoms with Gasteiger partial charge in [0, 0.05) is 17.0 Å². The quantitative estimate of drug-likeness (QED) is 0.565. The Morgan fingerprint density at radius 3 is 2.59 bits per heavy atom. The first kappa shape index (κ1) is 13.0. The van der Waals surface area contributed by atoms with Crippen LogP contribution in [0.5, 0.6) is 0 Å². The van der Waals surface area contributed by atoms with Crippen LogP contribution in [0.2, 0.25) is 0 Å². The van der Waals surface area contributed by atoms with E-state index in [1.165, 1.54) is 0 Å². The number of H-pyrrole nitrogens is 1. The molecule has 0 aliphatic carbocycles. The zero-order valence-electron chi connectivity index (χ0n) is 11.1. The number of carboxylic acids is 1. The predicted molar refractivity (Wildman–Crippen MR) is 81.6 cm³/mol. The third-order valence-corrected chi connectivity index (χ3v) is 5.23. The fraction of sp³-hybridized carbons (Fsp3) is 0. The van der Waals surface area contributed by atoms with Gasteiger partial charge in [0.25, 0.3) is 0 Å². The Hall–Kier alpha value is -2.73. The summed E-state index contributed by atoms with van der Waals surface area (Å²) < 4.78 is 12.5. The van der Waals surface area contributed by atoms with Gasteiger partial charge in [0.1, 0.15) is 5.69 Å². The topological polar surface area (TPSA) is 87.2 Å². The minimum atomic E-state index is -1.32. The largest absolute Gasteiger partial charge is 0.477 e. The van der Waals surface area contributed by atoms with E-state index in [4.69, 9.17) is 5.11 Å². The number of carbonyl (C=O) groups is 1. The molecule has 1 atom stereocenters. The standard InChI is InChI=1S/C16H9NO4S/c18-13-7-12(16(19)20)17-11-5-9-8-3-1-2-4-14(8)22(21)15(9)6-10(11)13/h1-7H,(H,17,18)(H,19,20). The molecule has 3 aromatic rings. The van der Waals surface area contributed by atoms with Crippen LogP contribution >= 0.6 is 0 Å². The first-order chi connectivity index (χ1) is 10.6. The molecule has 0 amide bonds. The van der Waals surface area contributed by atoms with Crippen LogP contribution in [-0.4, -0.2) is 20.3 Å². The summed E-state index contributed by atoms with van der Waals surface area (Å²) in [5, 5.41) is 9.38. The van der Waals surface area contributed by atoms with E-state index in [0.717, 1.165) is 17.2 Å². The fourth-order valence-corrected chi connectivity index (χ4v) is 4.14. The van der Waals surface area contributed by atoms with Crippen molar-refractivity contribution in [1.29, 1.82) is 0 Å². The third kappa shape index (κ3) is 1.67. The van der Waals surface area contributed by atoms with Gasteiger partial charge in [-0.05, 0) is 23.8 Å². The molecule has 0 bridgehead atoms. The van der Waals surface area contributed by atoms with Crippen molar-refractivity contribution in [2.45, 2.75) is 9.79 Å². The molecule has 108 valence electrons. The van der Waals surface area contributed by atoms with Crippen molar-refractivity contribution in [3.8, 4) is 11.1 Å². The Balaban J connectivity index is 2.10. The molecule has 2 aromatic carbocycles. The van der Waals surface area contributed by atoms with E-state index in [-0.39, 0.29) is 5.69 Å². The summed E-state index contributed by atoms with van der Waals surface area (Å²) in [5.41, 5.74) is 1.48. The summed E-state index contributed by atoms with van der Waals surface area (Å²) >= 11 is 0. The van der Waals surface area contributed by atoms with Crippen LogP contribution < -0.4 is 5.43 Å². The molecule has 1 unspecified atom stereocenters. The molecule has 6 heteroatoms. The van der Waals surface area contributed by atoms with Crippen LogP contribution in [0.15, 0.2) is 57.1 Å². The van der Waals surface area contributed by atoms with Gasteiger partial charge in [-0.1, -0.05) is 18.2 Å². The molecule has 4 rings (SSSR count). The number of benzene rings is 2. The minimum absolute atomic E-state index is 0.162. The van der Waals surface area contributed by atoms with Crippen molar-refractivity contribution < 1.29 is 14.1 Å². The molecule has 1 aliphatic heterocycles. The average Bonchev–Trinajstić information content (AvgIpc) is 2.79. The zero-order chi connectivity index (χ0) is 15.4. The highest BCUT2D eigenvalue weighted by molar-refractivity contribution is 7.85. The van der Waals surface area contributed by atoms with Crippen LogP contribution in [0.1, 0.15) is 10.5 Å². The molecule has 0 saturated heterocycles. The second-order valence-electron chi connectivity index (χ2n) is 5.01. The predicted octanol–water partition coefficient (Wildman–Crippen LogP) is 2.37. The Morgan fingerprint density at radius 2 is 1.82 bits per heavy atom. The van der Waals surface area contributed by atoms with Crippen LogP contribution in [0.3, 0.4) is 0 Å². The van der Waals surface area contributed by atoms with Gasteiger partial charge in [-0.2, -0.15) is 0 Å². The van der Waals surface area contributed by atoms with E-state index in [1.807, 2.05) is 18.2 Å². The van der Waals surface area contributed by atoms with Crippen LogP contribution in [0.4, 0.5) is 0 Å². The lowest BCUT2D eigenvalue weighted by Gasteiger charge is -2.04. The number of carboxylic acid groups (broad SMARTS) is 1. The molecule has 1 aliphatic rings. The average molecular weight is 311 g/mol. The number of aromatic amines is 1. The van der Waals surface area contributed by atoms with Crippen LogP contribution in [-0.2, 0) is 10.8 Å². The summed E-state index contributed by atoms with van der Waals surface area (Å²) in [5.74, 6) is -1.19. The highest BCUT2D eigenvalue weighted by Crippen LogP contribution is 2.41. The number of pyridine rings is 1. The molecule has 22 heavy (non-hydrogen) atoms. The summed E-state index contributed by atoms with van der Waals surface area (Å²) in [6.45, 7) is 0. The van der Waals surface area contributed by atoms with Gasteiger partial charge in [0.05, 0.1) is 26.1 Å². The number of rotatable bonds is 1. The lowest BCUT2D eigenvalue weighted by Crippen LogP contribution is -2.09. The molecule has 2 heterocycles. The molecule has 0 saturated carbocycles. The Kier molecular flexibility index (Phi) is 2.58. The zero-order valence-corrected chi connectivity index (χ0v) is 11.9. The number of aromatic carboxylic acids is 1. The van der Waals surface area contributed by atoms with Gasteiger partial charge in [-0.3, -0.25) is 4.79 Å². The van der Waals surface area contributed by atoms with Crippen molar-refractivity contribution in [3.63, 3.8) is 0 Å². The Bertz CT molecular complexity index is 1050. The first-order valence-electron chi connectivity index (χ1n) is 6.52. The highest BCUT2D eigenvalue weighted by atomic mass is 32.2. The molecule has 0 radical (unpaired) electrons. The van der Waals surface area contributed by atoms with Gasteiger partial charge in [0.2, 0.25) is 0 Å². The number of fused-ring (bicyclic) bond motifs is 4. The van der Waals surface area contributed by atoms with E-state index < -0.39 is 22.2 Å². The summed E-state index contributed by atoms with van der Waals surface area (Å²) in [4.78, 5) is 27.2. The van der Waals surface area contributed by atoms with Crippen molar-refractivity contribution in [3.05, 3.63) is 58.4 Å². The Morgan fingerprint density at radius 1 is 1.05 bits per heavy atom. The normalized spacial score (nSPS) is 15.5. The second-order valence-corrected chi connectivity index (χ2v) is 6.43. The number of hydrogen-bond acceptors (Lipinski definition) is 3. The molecular weight excluding hydrogens is 302 g/mol.